The predicted molar refractivity (Wildman–Crippen MR) is 138 cm³/mol. The van der Waals surface area contributed by atoms with Gasteiger partial charge in [-0.05, 0) is 67.6 Å². The van der Waals surface area contributed by atoms with Gasteiger partial charge in [0, 0.05) is 30.8 Å². The number of rotatable bonds is 10. The normalized spacial score (nSPS) is 16.2. The molecule has 0 amide bonds. The fourth-order valence-electron chi connectivity index (χ4n) is 5.12. The zero-order valence-corrected chi connectivity index (χ0v) is 21.2. The fraction of sp³-hybridized carbons (Fsp3) is 0.607. The van der Waals surface area contributed by atoms with E-state index in [0.717, 1.165) is 68.8 Å². The van der Waals surface area contributed by atoms with Gasteiger partial charge in [-0.2, -0.15) is 5.26 Å². The molecule has 2 aromatic rings. The highest BCUT2D eigenvalue weighted by molar-refractivity contribution is 5.62. The van der Waals surface area contributed by atoms with Crippen molar-refractivity contribution in [1.29, 1.82) is 5.26 Å². The molecule has 0 aliphatic heterocycles. The number of benzene rings is 1. The Labute approximate surface area is 200 Å². The maximum atomic E-state index is 9.98. The quantitative estimate of drug-likeness (QED) is 0.433. The second kappa shape index (κ2) is 11.5. The number of nitrogens with zero attached hydrogens (tertiary/aromatic N) is 4. The lowest BCUT2D eigenvalue weighted by Gasteiger charge is -2.32. The highest BCUT2D eigenvalue weighted by Gasteiger charge is 2.30. The van der Waals surface area contributed by atoms with E-state index >= 15 is 0 Å². The SMILES string of the molecule is CCCCN(CCC)c1nc(CC)nc2c1CCC(c1c(C(C)CC)ccc(N)c1C#N)C2. The highest BCUT2D eigenvalue weighted by atomic mass is 15.2. The number of hydrogen-bond donors (Lipinski definition) is 1. The lowest BCUT2D eigenvalue weighted by Crippen LogP contribution is -2.30. The van der Waals surface area contributed by atoms with E-state index in [-0.39, 0.29) is 5.92 Å². The molecular weight excluding hydrogens is 406 g/mol. The molecule has 33 heavy (non-hydrogen) atoms. The third-order valence-electron chi connectivity index (χ3n) is 7.17. The minimum absolute atomic E-state index is 0.266. The Morgan fingerprint density at radius 3 is 2.58 bits per heavy atom. The Bertz CT molecular complexity index is 991. The lowest BCUT2D eigenvalue weighted by atomic mass is 9.76. The van der Waals surface area contributed by atoms with Crippen molar-refractivity contribution in [3.63, 3.8) is 0 Å². The summed E-state index contributed by atoms with van der Waals surface area (Å²) in [4.78, 5) is 12.5. The van der Waals surface area contributed by atoms with Crippen LogP contribution >= 0.6 is 0 Å². The van der Waals surface area contributed by atoms with Crippen LogP contribution < -0.4 is 10.6 Å². The number of anilines is 2. The van der Waals surface area contributed by atoms with Crippen LogP contribution in [0.1, 0.15) is 112 Å². The van der Waals surface area contributed by atoms with Crippen molar-refractivity contribution in [2.24, 2.45) is 0 Å². The number of nitrogens with two attached hydrogens (primary N) is 1. The van der Waals surface area contributed by atoms with Crippen molar-refractivity contribution in [1.82, 2.24) is 9.97 Å². The number of aromatic nitrogens is 2. The molecule has 0 bridgehead atoms. The van der Waals surface area contributed by atoms with Crippen molar-refractivity contribution in [3.05, 3.63) is 45.9 Å². The third-order valence-corrected chi connectivity index (χ3v) is 7.17. The molecule has 2 unspecified atom stereocenters. The van der Waals surface area contributed by atoms with Gasteiger partial charge in [0.15, 0.2) is 0 Å². The van der Waals surface area contributed by atoms with Crippen LogP contribution in [0.25, 0.3) is 0 Å². The Morgan fingerprint density at radius 2 is 1.94 bits per heavy atom. The van der Waals surface area contributed by atoms with Gasteiger partial charge in [-0.1, -0.05) is 47.1 Å². The summed E-state index contributed by atoms with van der Waals surface area (Å²) in [5.41, 5.74) is 12.5. The van der Waals surface area contributed by atoms with Gasteiger partial charge in [-0.3, -0.25) is 0 Å². The molecule has 178 valence electrons. The molecule has 1 heterocycles. The Hall–Kier alpha value is -2.61. The van der Waals surface area contributed by atoms with Crippen LogP contribution in [-0.4, -0.2) is 23.1 Å². The van der Waals surface area contributed by atoms with Crippen LogP contribution in [0.3, 0.4) is 0 Å². The summed E-state index contributed by atoms with van der Waals surface area (Å²) >= 11 is 0. The summed E-state index contributed by atoms with van der Waals surface area (Å²) in [7, 11) is 0. The topological polar surface area (TPSA) is 78.8 Å². The average Bonchev–Trinajstić information content (AvgIpc) is 2.84. The van der Waals surface area contributed by atoms with E-state index in [1.165, 1.54) is 29.7 Å². The molecular formula is C28H41N5. The van der Waals surface area contributed by atoms with E-state index in [0.29, 0.717) is 17.2 Å². The van der Waals surface area contributed by atoms with E-state index in [1.807, 2.05) is 6.07 Å². The third kappa shape index (κ3) is 5.32. The van der Waals surface area contributed by atoms with Crippen LogP contribution in [0, 0.1) is 11.3 Å². The van der Waals surface area contributed by atoms with Crippen LogP contribution in [0.5, 0.6) is 0 Å². The molecule has 5 nitrogen and oxygen atoms in total. The molecule has 0 saturated heterocycles. The first-order valence-corrected chi connectivity index (χ1v) is 12.9. The number of nitriles is 1. The van der Waals surface area contributed by atoms with Gasteiger partial charge in [0.2, 0.25) is 0 Å². The zero-order valence-electron chi connectivity index (χ0n) is 21.2. The first-order valence-electron chi connectivity index (χ1n) is 12.9. The predicted octanol–water partition coefficient (Wildman–Crippen LogP) is 6.30. The van der Waals surface area contributed by atoms with Crippen LogP contribution in [-0.2, 0) is 19.3 Å². The summed E-state index contributed by atoms with van der Waals surface area (Å²) in [5.74, 6) is 2.75. The molecule has 2 atom stereocenters. The summed E-state index contributed by atoms with van der Waals surface area (Å²) in [6.45, 7) is 13.2. The monoisotopic (exact) mass is 447 g/mol. The molecule has 1 aromatic heterocycles. The first kappa shape index (κ1) is 25.0. The van der Waals surface area contributed by atoms with Crippen molar-refractivity contribution >= 4 is 11.5 Å². The first-order chi connectivity index (χ1) is 16.0. The Morgan fingerprint density at radius 1 is 1.15 bits per heavy atom. The van der Waals surface area contributed by atoms with Crippen LogP contribution in [0.15, 0.2) is 12.1 Å². The maximum Gasteiger partial charge on any atom is 0.135 e. The second-order valence-electron chi connectivity index (χ2n) is 9.48. The maximum absolute atomic E-state index is 9.98. The minimum atomic E-state index is 0.266. The summed E-state index contributed by atoms with van der Waals surface area (Å²) in [6, 6.07) is 6.48. The van der Waals surface area contributed by atoms with Gasteiger partial charge in [0.25, 0.3) is 0 Å². The molecule has 3 rings (SSSR count). The molecule has 1 aliphatic carbocycles. The number of nitrogen functional groups attached to an aromatic ring is 1. The van der Waals surface area contributed by atoms with Crippen molar-refractivity contribution in [3.8, 4) is 6.07 Å². The summed E-state index contributed by atoms with van der Waals surface area (Å²) in [6.07, 6.45) is 8.15. The minimum Gasteiger partial charge on any atom is -0.398 e. The average molecular weight is 448 g/mol. The smallest absolute Gasteiger partial charge is 0.135 e. The summed E-state index contributed by atoms with van der Waals surface area (Å²) in [5, 5.41) is 9.98. The van der Waals surface area contributed by atoms with Crippen LogP contribution in [0.2, 0.25) is 0 Å². The molecule has 0 saturated carbocycles. The highest BCUT2D eigenvalue weighted by Crippen LogP contribution is 2.41. The van der Waals surface area contributed by atoms with Gasteiger partial charge < -0.3 is 10.6 Å². The largest absolute Gasteiger partial charge is 0.398 e. The van der Waals surface area contributed by atoms with Gasteiger partial charge in [-0.25, -0.2) is 9.97 Å². The van der Waals surface area contributed by atoms with Crippen molar-refractivity contribution in [2.75, 3.05) is 23.7 Å². The Kier molecular flexibility index (Phi) is 8.72. The number of fused-ring (bicyclic) bond motifs is 1. The number of unbranched alkanes of at least 4 members (excludes halogenated alkanes) is 1. The zero-order chi connectivity index (χ0) is 24.0. The lowest BCUT2D eigenvalue weighted by molar-refractivity contribution is 0.551. The van der Waals surface area contributed by atoms with Gasteiger partial charge in [0.05, 0.1) is 11.3 Å². The van der Waals surface area contributed by atoms with Crippen LogP contribution in [0.4, 0.5) is 11.5 Å². The Balaban J connectivity index is 2.07. The second-order valence-corrected chi connectivity index (χ2v) is 9.48. The van der Waals surface area contributed by atoms with E-state index in [4.69, 9.17) is 15.7 Å². The fourth-order valence-corrected chi connectivity index (χ4v) is 5.12. The van der Waals surface area contributed by atoms with Crippen molar-refractivity contribution in [2.45, 2.75) is 97.8 Å². The molecule has 2 N–H and O–H groups in total. The molecule has 0 spiro atoms. The van der Waals surface area contributed by atoms with E-state index in [9.17, 15) is 5.26 Å². The summed E-state index contributed by atoms with van der Waals surface area (Å²) < 4.78 is 0. The van der Waals surface area contributed by atoms with E-state index < -0.39 is 0 Å². The van der Waals surface area contributed by atoms with Gasteiger partial charge in [-0.15, -0.1) is 0 Å². The molecule has 1 aliphatic rings. The molecule has 0 fully saturated rings. The van der Waals surface area contributed by atoms with E-state index in [2.05, 4.69) is 51.7 Å². The molecule has 5 heteroatoms. The number of aryl methyl sites for hydroxylation is 1. The standard InChI is InChI=1S/C28H41N5/c1-6-10-16-33(15-7-2)28-22-12-11-20(17-25(22)31-26(9-4)32-28)27-21(19(5)8-3)13-14-24(30)23(27)18-29/h13-14,19-20H,6-12,15-17,30H2,1-5H3. The van der Waals surface area contributed by atoms with Gasteiger partial charge in [0.1, 0.15) is 17.7 Å². The van der Waals surface area contributed by atoms with E-state index in [1.54, 1.807) is 0 Å². The van der Waals surface area contributed by atoms with Gasteiger partial charge >= 0.3 is 0 Å². The van der Waals surface area contributed by atoms with Crippen molar-refractivity contribution < 1.29 is 0 Å². The molecule has 1 aromatic carbocycles. The number of hydrogen-bond acceptors (Lipinski definition) is 5. The molecule has 0 radical (unpaired) electrons.